The minimum atomic E-state index is 0.147. The van der Waals surface area contributed by atoms with Crippen molar-refractivity contribution in [3.63, 3.8) is 0 Å². The highest BCUT2D eigenvalue weighted by Crippen LogP contribution is 2.23. The molecule has 1 unspecified atom stereocenters. The van der Waals surface area contributed by atoms with E-state index in [2.05, 4.69) is 15.9 Å². The van der Waals surface area contributed by atoms with Crippen LogP contribution in [0.4, 0.5) is 0 Å². The summed E-state index contributed by atoms with van der Waals surface area (Å²) in [6.45, 7) is 3.00. The molecule has 1 atom stereocenters. The maximum absolute atomic E-state index is 12.4. The highest BCUT2D eigenvalue weighted by Gasteiger charge is 2.23. The van der Waals surface area contributed by atoms with Gasteiger partial charge in [-0.1, -0.05) is 22.0 Å². The smallest absolute Gasteiger partial charge is 0.253 e. The number of ether oxygens (including phenoxy) is 1. The second kappa shape index (κ2) is 5.02. The number of carbonyl (C=O) groups is 1. The van der Waals surface area contributed by atoms with Gasteiger partial charge in [0, 0.05) is 23.5 Å². The van der Waals surface area contributed by atoms with Crippen LogP contribution in [0.3, 0.4) is 0 Å². The summed E-state index contributed by atoms with van der Waals surface area (Å²) in [7, 11) is 0. The van der Waals surface area contributed by atoms with Gasteiger partial charge in [0.1, 0.15) is 0 Å². The number of benzene rings is 1. The summed E-state index contributed by atoms with van der Waals surface area (Å²) in [5, 5.41) is 0. The van der Waals surface area contributed by atoms with Crippen molar-refractivity contribution >= 4 is 21.8 Å². The number of nitrogens with zero attached hydrogens (tertiary/aromatic N) is 1. The second-order valence-corrected chi connectivity index (χ2v) is 6.26. The highest BCUT2D eigenvalue weighted by molar-refractivity contribution is 9.09. The summed E-state index contributed by atoms with van der Waals surface area (Å²) in [5.41, 5.74) is 3.16. The molecule has 0 radical (unpaired) electrons. The number of hydrogen-bond acceptors (Lipinski definition) is 2. The molecule has 0 aliphatic carbocycles. The maximum Gasteiger partial charge on any atom is 0.253 e. The van der Waals surface area contributed by atoms with E-state index in [-0.39, 0.29) is 5.91 Å². The van der Waals surface area contributed by atoms with Gasteiger partial charge in [-0.05, 0) is 36.1 Å². The van der Waals surface area contributed by atoms with Crippen molar-refractivity contribution in [1.82, 2.24) is 4.90 Å². The average Bonchev–Trinajstić information content (AvgIpc) is 2.85. The van der Waals surface area contributed by atoms with E-state index >= 15 is 0 Å². The SMILES string of the molecule is O=C(c1ccc2c(c1)COC2)N1CCCC(Br)C1. The van der Waals surface area contributed by atoms with E-state index in [4.69, 9.17) is 4.74 Å². The van der Waals surface area contributed by atoms with E-state index in [1.807, 2.05) is 23.1 Å². The summed E-state index contributed by atoms with van der Waals surface area (Å²) < 4.78 is 5.38. The molecule has 0 spiro atoms. The maximum atomic E-state index is 12.4. The molecular weight excluding hydrogens is 294 g/mol. The van der Waals surface area contributed by atoms with Crippen molar-refractivity contribution in [3.8, 4) is 0 Å². The number of piperidine rings is 1. The molecule has 0 saturated carbocycles. The summed E-state index contributed by atoms with van der Waals surface area (Å²) in [5.74, 6) is 0.147. The first-order valence-electron chi connectivity index (χ1n) is 6.37. The molecule has 3 rings (SSSR count). The van der Waals surface area contributed by atoms with E-state index in [0.29, 0.717) is 18.0 Å². The van der Waals surface area contributed by atoms with Gasteiger partial charge in [-0.15, -0.1) is 0 Å². The third-order valence-corrected chi connectivity index (χ3v) is 4.37. The van der Waals surface area contributed by atoms with Crippen molar-refractivity contribution in [1.29, 1.82) is 0 Å². The Bertz CT molecular complexity index is 475. The van der Waals surface area contributed by atoms with Crippen molar-refractivity contribution in [3.05, 3.63) is 34.9 Å². The Kier molecular flexibility index (Phi) is 3.39. The molecule has 0 aromatic heterocycles. The molecule has 2 aliphatic heterocycles. The van der Waals surface area contributed by atoms with Crippen molar-refractivity contribution in [2.75, 3.05) is 13.1 Å². The fourth-order valence-electron chi connectivity index (χ4n) is 2.60. The largest absolute Gasteiger partial charge is 0.372 e. The fraction of sp³-hybridized carbons (Fsp3) is 0.500. The molecule has 0 N–H and O–H groups in total. The van der Waals surface area contributed by atoms with Gasteiger partial charge in [0.25, 0.3) is 5.91 Å². The van der Waals surface area contributed by atoms with Crippen LogP contribution in [0.5, 0.6) is 0 Å². The van der Waals surface area contributed by atoms with E-state index in [0.717, 1.165) is 37.1 Å². The zero-order valence-corrected chi connectivity index (χ0v) is 11.8. The topological polar surface area (TPSA) is 29.5 Å². The molecule has 1 fully saturated rings. The Morgan fingerprint density at radius 3 is 3.00 bits per heavy atom. The van der Waals surface area contributed by atoms with Crippen molar-refractivity contribution in [2.24, 2.45) is 0 Å². The Hall–Kier alpha value is -0.870. The summed E-state index contributed by atoms with van der Waals surface area (Å²) >= 11 is 3.61. The van der Waals surface area contributed by atoms with Crippen LogP contribution in [0.15, 0.2) is 18.2 Å². The monoisotopic (exact) mass is 309 g/mol. The van der Waals surface area contributed by atoms with E-state index in [9.17, 15) is 4.79 Å². The quantitative estimate of drug-likeness (QED) is 0.747. The molecule has 96 valence electrons. The summed E-state index contributed by atoms with van der Waals surface area (Å²) in [4.78, 5) is 14.8. The van der Waals surface area contributed by atoms with E-state index in [1.54, 1.807) is 0 Å². The first-order valence-corrected chi connectivity index (χ1v) is 7.28. The second-order valence-electron chi connectivity index (χ2n) is 4.97. The average molecular weight is 310 g/mol. The van der Waals surface area contributed by atoms with Crippen LogP contribution in [0.25, 0.3) is 0 Å². The Morgan fingerprint density at radius 1 is 1.33 bits per heavy atom. The molecule has 1 aromatic carbocycles. The first kappa shape index (κ1) is 12.2. The van der Waals surface area contributed by atoms with Crippen LogP contribution in [0.1, 0.15) is 34.3 Å². The summed E-state index contributed by atoms with van der Waals surface area (Å²) in [6, 6.07) is 5.93. The predicted molar refractivity (Wildman–Crippen MR) is 72.8 cm³/mol. The number of fused-ring (bicyclic) bond motifs is 1. The molecule has 1 saturated heterocycles. The minimum Gasteiger partial charge on any atom is -0.372 e. The van der Waals surface area contributed by atoms with Gasteiger partial charge in [0.2, 0.25) is 0 Å². The van der Waals surface area contributed by atoms with Crippen LogP contribution in [0, 0.1) is 0 Å². The molecule has 2 heterocycles. The lowest BCUT2D eigenvalue weighted by atomic mass is 10.0. The first-order chi connectivity index (χ1) is 8.74. The van der Waals surface area contributed by atoms with Gasteiger partial charge in [-0.2, -0.15) is 0 Å². The molecule has 3 nitrogen and oxygen atoms in total. The number of alkyl halides is 1. The number of rotatable bonds is 1. The van der Waals surface area contributed by atoms with Gasteiger partial charge in [0.05, 0.1) is 13.2 Å². The molecular formula is C14H16BrNO2. The Morgan fingerprint density at radius 2 is 2.17 bits per heavy atom. The highest BCUT2D eigenvalue weighted by atomic mass is 79.9. The minimum absolute atomic E-state index is 0.147. The molecule has 1 aromatic rings. The van der Waals surface area contributed by atoms with Gasteiger partial charge in [0.15, 0.2) is 0 Å². The standard InChI is InChI=1S/C14H16BrNO2/c15-13-2-1-5-16(7-13)14(17)10-3-4-11-8-18-9-12(11)6-10/h3-4,6,13H,1-2,5,7-9H2. The van der Waals surface area contributed by atoms with Crippen LogP contribution in [-0.2, 0) is 18.0 Å². The van der Waals surface area contributed by atoms with Gasteiger partial charge in [-0.3, -0.25) is 4.79 Å². The van der Waals surface area contributed by atoms with Gasteiger partial charge >= 0.3 is 0 Å². The lowest BCUT2D eigenvalue weighted by Crippen LogP contribution is -2.40. The number of likely N-dealkylation sites (tertiary alicyclic amines) is 1. The van der Waals surface area contributed by atoms with Gasteiger partial charge in [-0.25, -0.2) is 0 Å². The molecule has 2 aliphatic rings. The van der Waals surface area contributed by atoms with Crippen molar-refractivity contribution in [2.45, 2.75) is 30.9 Å². The van der Waals surface area contributed by atoms with Crippen LogP contribution in [-0.4, -0.2) is 28.7 Å². The number of carbonyl (C=O) groups excluding carboxylic acids is 1. The predicted octanol–water partition coefficient (Wildman–Crippen LogP) is 2.72. The van der Waals surface area contributed by atoms with Crippen LogP contribution < -0.4 is 0 Å². The Balaban J connectivity index is 1.79. The van der Waals surface area contributed by atoms with Crippen molar-refractivity contribution < 1.29 is 9.53 Å². The Labute approximate surface area is 115 Å². The van der Waals surface area contributed by atoms with E-state index in [1.165, 1.54) is 5.56 Å². The van der Waals surface area contributed by atoms with Crippen LogP contribution >= 0.6 is 15.9 Å². The molecule has 4 heteroatoms. The lowest BCUT2D eigenvalue weighted by molar-refractivity contribution is 0.0730. The molecule has 18 heavy (non-hydrogen) atoms. The normalized spacial score (nSPS) is 22.9. The summed E-state index contributed by atoms with van der Waals surface area (Å²) in [6.07, 6.45) is 2.23. The zero-order valence-electron chi connectivity index (χ0n) is 10.2. The fourth-order valence-corrected chi connectivity index (χ4v) is 3.27. The molecule has 0 bridgehead atoms. The van der Waals surface area contributed by atoms with E-state index < -0.39 is 0 Å². The third kappa shape index (κ3) is 2.31. The molecule has 1 amide bonds. The zero-order chi connectivity index (χ0) is 12.5. The lowest BCUT2D eigenvalue weighted by Gasteiger charge is -2.30. The van der Waals surface area contributed by atoms with Gasteiger partial charge < -0.3 is 9.64 Å². The number of halogens is 1. The number of hydrogen-bond donors (Lipinski definition) is 0. The van der Waals surface area contributed by atoms with Crippen LogP contribution in [0.2, 0.25) is 0 Å². The third-order valence-electron chi connectivity index (χ3n) is 3.62. The number of amides is 1.